The predicted octanol–water partition coefficient (Wildman–Crippen LogP) is 5.11. The molecule has 0 saturated carbocycles. The molecule has 4 nitrogen and oxygen atoms in total. The van der Waals surface area contributed by atoms with Gasteiger partial charge in [-0.2, -0.15) is 0 Å². The molecule has 1 aliphatic carbocycles. The quantitative estimate of drug-likeness (QED) is 0.606. The fourth-order valence-corrected chi connectivity index (χ4v) is 3.24. The van der Waals surface area contributed by atoms with Crippen molar-refractivity contribution in [1.29, 1.82) is 0 Å². The number of hydrogen-bond donors (Lipinski definition) is 1. The zero-order chi connectivity index (χ0) is 15.0. The van der Waals surface area contributed by atoms with Gasteiger partial charge in [-0.25, -0.2) is 0 Å². The Labute approximate surface area is 135 Å². The monoisotopic (exact) mass is 366 g/mol. The first-order chi connectivity index (χ1) is 10.0. The van der Waals surface area contributed by atoms with Crippen LogP contribution in [0.4, 0.5) is 11.4 Å². The van der Waals surface area contributed by atoms with E-state index in [4.69, 9.17) is 11.6 Å². The molecule has 1 atom stereocenters. The number of halogens is 2. The molecular formula is C15H12BrClN2O2. The maximum atomic E-state index is 10.9. The number of nitrogens with one attached hydrogen (secondary N) is 1. The Balaban J connectivity index is 1.89. The van der Waals surface area contributed by atoms with Crippen molar-refractivity contribution >= 4 is 38.9 Å². The fourth-order valence-electron chi connectivity index (χ4n) is 2.66. The Hall–Kier alpha value is -1.59. The first-order valence-electron chi connectivity index (χ1n) is 6.53. The third-order valence-corrected chi connectivity index (χ3v) is 4.50. The molecular weight excluding hydrogens is 356 g/mol. The van der Waals surface area contributed by atoms with Gasteiger partial charge in [-0.1, -0.05) is 33.6 Å². The van der Waals surface area contributed by atoms with E-state index in [1.165, 1.54) is 23.3 Å². The molecule has 0 fully saturated rings. The Morgan fingerprint density at radius 3 is 2.86 bits per heavy atom. The largest absolute Gasteiger partial charge is 0.377 e. The van der Waals surface area contributed by atoms with E-state index in [0.29, 0.717) is 10.7 Å². The number of aryl methyl sites for hydroxylation is 1. The smallest absolute Gasteiger partial charge is 0.271 e. The minimum atomic E-state index is -0.415. The lowest BCUT2D eigenvalue weighted by molar-refractivity contribution is -0.384. The van der Waals surface area contributed by atoms with Crippen molar-refractivity contribution in [1.82, 2.24) is 0 Å². The van der Waals surface area contributed by atoms with Crippen LogP contribution in [-0.2, 0) is 6.42 Å². The highest BCUT2D eigenvalue weighted by Gasteiger charge is 2.23. The highest BCUT2D eigenvalue weighted by Crippen LogP contribution is 2.37. The van der Waals surface area contributed by atoms with Crippen LogP contribution in [0.2, 0.25) is 5.02 Å². The van der Waals surface area contributed by atoms with Crippen LogP contribution in [0.5, 0.6) is 0 Å². The number of nitro benzene ring substituents is 1. The summed E-state index contributed by atoms with van der Waals surface area (Å²) in [4.78, 5) is 10.5. The topological polar surface area (TPSA) is 55.2 Å². The third-order valence-electron chi connectivity index (χ3n) is 3.67. The van der Waals surface area contributed by atoms with Crippen molar-refractivity contribution in [2.24, 2.45) is 0 Å². The van der Waals surface area contributed by atoms with Crippen LogP contribution in [0.15, 0.2) is 40.9 Å². The Bertz CT molecular complexity index is 721. The van der Waals surface area contributed by atoms with Crippen molar-refractivity contribution in [3.05, 3.63) is 67.1 Å². The average Bonchev–Trinajstić information content (AvgIpc) is 2.83. The molecule has 21 heavy (non-hydrogen) atoms. The van der Waals surface area contributed by atoms with E-state index < -0.39 is 4.92 Å². The van der Waals surface area contributed by atoms with Gasteiger partial charge in [0.25, 0.3) is 5.69 Å². The highest BCUT2D eigenvalue weighted by molar-refractivity contribution is 9.10. The van der Waals surface area contributed by atoms with Crippen LogP contribution in [0.25, 0.3) is 0 Å². The molecule has 0 spiro atoms. The second kappa shape index (κ2) is 5.66. The van der Waals surface area contributed by atoms with Crippen LogP contribution in [0.1, 0.15) is 23.6 Å². The van der Waals surface area contributed by atoms with Gasteiger partial charge in [-0.15, -0.1) is 0 Å². The van der Waals surface area contributed by atoms with Crippen molar-refractivity contribution in [3.8, 4) is 0 Å². The van der Waals surface area contributed by atoms with Crippen LogP contribution in [0, 0.1) is 10.1 Å². The average molecular weight is 368 g/mol. The second-order valence-corrected chi connectivity index (χ2v) is 6.32. The number of benzene rings is 2. The molecule has 1 aliphatic rings. The summed E-state index contributed by atoms with van der Waals surface area (Å²) in [5.74, 6) is 0. The van der Waals surface area contributed by atoms with E-state index in [1.807, 2.05) is 6.07 Å². The molecule has 108 valence electrons. The van der Waals surface area contributed by atoms with Gasteiger partial charge in [-0.3, -0.25) is 10.1 Å². The Morgan fingerprint density at radius 2 is 2.10 bits per heavy atom. The summed E-state index contributed by atoms with van der Waals surface area (Å²) < 4.78 is 1.07. The van der Waals surface area contributed by atoms with E-state index in [2.05, 4.69) is 33.4 Å². The summed E-state index contributed by atoms with van der Waals surface area (Å²) in [5.41, 5.74) is 3.16. The fraction of sp³-hybridized carbons (Fsp3) is 0.200. The van der Waals surface area contributed by atoms with Crippen molar-refractivity contribution < 1.29 is 4.92 Å². The highest BCUT2D eigenvalue weighted by atomic mass is 79.9. The number of fused-ring (bicyclic) bond motifs is 1. The number of nitrogens with zero attached hydrogens (tertiary/aromatic N) is 1. The van der Waals surface area contributed by atoms with Crippen LogP contribution >= 0.6 is 27.5 Å². The van der Waals surface area contributed by atoms with E-state index in [-0.39, 0.29) is 11.7 Å². The third kappa shape index (κ3) is 2.89. The molecule has 2 aromatic carbocycles. The molecule has 3 rings (SSSR count). The van der Waals surface area contributed by atoms with Crippen molar-refractivity contribution in [2.45, 2.75) is 18.9 Å². The molecule has 0 aliphatic heterocycles. The number of rotatable bonds is 3. The van der Waals surface area contributed by atoms with Gasteiger partial charge in [0.2, 0.25) is 0 Å². The Kier molecular flexibility index (Phi) is 3.87. The molecule has 1 N–H and O–H groups in total. The first kappa shape index (κ1) is 14.4. The molecule has 0 heterocycles. The second-order valence-electron chi connectivity index (χ2n) is 5.00. The lowest BCUT2D eigenvalue weighted by Crippen LogP contribution is -2.07. The molecule has 0 amide bonds. The molecule has 6 heteroatoms. The number of hydrogen-bond acceptors (Lipinski definition) is 3. The molecule has 0 radical (unpaired) electrons. The molecule has 0 saturated heterocycles. The normalized spacial score (nSPS) is 16.6. The summed E-state index contributed by atoms with van der Waals surface area (Å²) in [7, 11) is 0. The number of nitro groups is 1. The van der Waals surface area contributed by atoms with Gasteiger partial charge in [0.05, 0.1) is 21.7 Å². The SMILES string of the molecule is O=[N+]([O-])c1ccc(Cl)c(NC2CCc3cc(Br)ccc32)c1. The molecule has 1 unspecified atom stereocenters. The van der Waals surface area contributed by atoms with Crippen LogP contribution < -0.4 is 5.32 Å². The van der Waals surface area contributed by atoms with E-state index in [1.54, 1.807) is 6.07 Å². The zero-order valence-corrected chi connectivity index (χ0v) is 13.3. The summed E-state index contributed by atoms with van der Waals surface area (Å²) in [5, 5.41) is 14.7. The lowest BCUT2D eigenvalue weighted by Gasteiger charge is -2.16. The summed E-state index contributed by atoms with van der Waals surface area (Å²) in [6, 6.07) is 10.8. The maximum Gasteiger partial charge on any atom is 0.271 e. The van der Waals surface area contributed by atoms with Gasteiger partial charge in [0.1, 0.15) is 0 Å². The Morgan fingerprint density at radius 1 is 1.29 bits per heavy atom. The van der Waals surface area contributed by atoms with E-state index >= 15 is 0 Å². The van der Waals surface area contributed by atoms with E-state index in [0.717, 1.165) is 17.3 Å². The minimum absolute atomic E-state index is 0.0379. The minimum Gasteiger partial charge on any atom is -0.377 e. The maximum absolute atomic E-state index is 10.9. The molecule has 0 aromatic heterocycles. The number of anilines is 1. The van der Waals surface area contributed by atoms with Gasteiger partial charge in [0.15, 0.2) is 0 Å². The van der Waals surface area contributed by atoms with Crippen molar-refractivity contribution in [2.75, 3.05) is 5.32 Å². The molecule has 2 aromatic rings. The van der Waals surface area contributed by atoms with Crippen LogP contribution in [0.3, 0.4) is 0 Å². The summed E-state index contributed by atoms with van der Waals surface area (Å²) in [6.07, 6.45) is 1.93. The summed E-state index contributed by atoms with van der Waals surface area (Å²) in [6.45, 7) is 0. The van der Waals surface area contributed by atoms with Gasteiger partial charge in [-0.05, 0) is 42.2 Å². The van der Waals surface area contributed by atoms with Gasteiger partial charge < -0.3 is 5.32 Å². The van der Waals surface area contributed by atoms with Crippen molar-refractivity contribution in [3.63, 3.8) is 0 Å². The predicted molar refractivity (Wildman–Crippen MR) is 86.9 cm³/mol. The first-order valence-corrected chi connectivity index (χ1v) is 7.70. The molecule has 0 bridgehead atoms. The standard InChI is InChI=1S/C15H12BrClN2O2/c16-10-2-4-12-9(7-10)1-6-14(12)18-15-8-11(19(20)21)3-5-13(15)17/h2-5,7-8,14,18H,1,6H2. The van der Waals surface area contributed by atoms with E-state index in [9.17, 15) is 10.1 Å². The number of non-ortho nitro benzene ring substituents is 1. The zero-order valence-electron chi connectivity index (χ0n) is 11.0. The lowest BCUT2D eigenvalue weighted by atomic mass is 10.1. The van der Waals surface area contributed by atoms with Gasteiger partial charge in [0, 0.05) is 16.6 Å². The van der Waals surface area contributed by atoms with Crippen LogP contribution in [-0.4, -0.2) is 4.92 Å². The van der Waals surface area contributed by atoms with Gasteiger partial charge >= 0.3 is 0 Å². The summed E-state index contributed by atoms with van der Waals surface area (Å²) >= 11 is 9.61.